The highest BCUT2D eigenvalue weighted by atomic mass is 16.2. The summed E-state index contributed by atoms with van der Waals surface area (Å²) in [4.78, 5) is 17.1. The summed E-state index contributed by atoms with van der Waals surface area (Å²) in [5.41, 5.74) is 5.86. The molecule has 4 atom stereocenters. The van der Waals surface area contributed by atoms with E-state index >= 15 is 0 Å². The van der Waals surface area contributed by atoms with E-state index in [0.717, 1.165) is 13.1 Å². The topological polar surface area (TPSA) is 49.6 Å². The zero-order valence-electron chi connectivity index (χ0n) is 11.9. The molecule has 2 heterocycles. The molecule has 2 N–H and O–H groups in total. The number of carbonyl (C=O) groups is 1. The van der Waals surface area contributed by atoms with Gasteiger partial charge in [0.1, 0.15) is 0 Å². The lowest BCUT2D eigenvalue weighted by molar-refractivity contribution is -0.142. The molecule has 2 aliphatic rings. The molecule has 0 aromatic carbocycles. The van der Waals surface area contributed by atoms with Gasteiger partial charge >= 0.3 is 0 Å². The lowest BCUT2D eigenvalue weighted by Gasteiger charge is -2.48. The standard InChI is InChI=1S/C14H27N3O/c1-10-8-16-7-5-4-6-13(16)9-17(10)14(18)11(2)12(3)15/h10-13H,4-9,15H2,1-3H3. The van der Waals surface area contributed by atoms with Crippen LogP contribution in [0.1, 0.15) is 40.0 Å². The zero-order chi connectivity index (χ0) is 13.3. The smallest absolute Gasteiger partial charge is 0.227 e. The van der Waals surface area contributed by atoms with E-state index in [4.69, 9.17) is 5.73 Å². The molecule has 18 heavy (non-hydrogen) atoms. The maximum absolute atomic E-state index is 12.5. The van der Waals surface area contributed by atoms with Crippen LogP contribution in [0.5, 0.6) is 0 Å². The number of carbonyl (C=O) groups excluding carboxylic acids is 1. The molecule has 2 rings (SSSR count). The molecule has 0 aromatic rings. The van der Waals surface area contributed by atoms with Crippen molar-refractivity contribution >= 4 is 5.91 Å². The van der Waals surface area contributed by atoms with Gasteiger partial charge in [0, 0.05) is 31.2 Å². The minimum atomic E-state index is -0.0670. The molecule has 1 amide bonds. The van der Waals surface area contributed by atoms with Gasteiger partial charge in [-0.3, -0.25) is 9.69 Å². The summed E-state index contributed by atoms with van der Waals surface area (Å²) in [5.74, 6) is 0.172. The molecule has 104 valence electrons. The van der Waals surface area contributed by atoms with Gasteiger partial charge in [-0.2, -0.15) is 0 Å². The molecular weight excluding hydrogens is 226 g/mol. The molecular formula is C14H27N3O. The summed E-state index contributed by atoms with van der Waals surface area (Å²) >= 11 is 0. The van der Waals surface area contributed by atoms with Crippen molar-refractivity contribution < 1.29 is 4.79 Å². The van der Waals surface area contributed by atoms with E-state index in [1.165, 1.54) is 25.8 Å². The molecule has 4 nitrogen and oxygen atoms in total. The second kappa shape index (κ2) is 5.57. The van der Waals surface area contributed by atoms with Crippen LogP contribution in [0.15, 0.2) is 0 Å². The lowest BCUT2D eigenvalue weighted by Crippen LogP contribution is -2.61. The Balaban J connectivity index is 2.02. The molecule has 2 fully saturated rings. The third-order valence-corrected chi connectivity index (χ3v) is 4.65. The minimum Gasteiger partial charge on any atom is -0.337 e. The van der Waals surface area contributed by atoms with E-state index in [9.17, 15) is 4.79 Å². The molecule has 0 radical (unpaired) electrons. The van der Waals surface area contributed by atoms with E-state index < -0.39 is 0 Å². The van der Waals surface area contributed by atoms with Crippen LogP contribution in [0.4, 0.5) is 0 Å². The molecule has 0 saturated carbocycles. The van der Waals surface area contributed by atoms with Crippen molar-refractivity contribution in [2.45, 2.75) is 58.2 Å². The Morgan fingerprint density at radius 2 is 2.00 bits per heavy atom. The number of rotatable bonds is 2. The largest absolute Gasteiger partial charge is 0.337 e. The number of nitrogens with two attached hydrogens (primary N) is 1. The number of piperazine rings is 1. The average molecular weight is 253 g/mol. The predicted octanol–water partition coefficient (Wildman–Crippen LogP) is 1.05. The van der Waals surface area contributed by atoms with E-state index in [2.05, 4.69) is 16.7 Å². The molecule has 2 aliphatic heterocycles. The van der Waals surface area contributed by atoms with Gasteiger partial charge in [-0.1, -0.05) is 13.3 Å². The van der Waals surface area contributed by atoms with Crippen molar-refractivity contribution in [2.75, 3.05) is 19.6 Å². The van der Waals surface area contributed by atoms with Gasteiger partial charge in [-0.15, -0.1) is 0 Å². The third kappa shape index (κ3) is 2.69. The number of amides is 1. The molecule has 0 aliphatic carbocycles. The third-order valence-electron chi connectivity index (χ3n) is 4.65. The highest BCUT2D eigenvalue weighted by Gasteiger charge is 2.36. The number of hydrogen-bond acceptors (Lipinski definition) is 3. The molecule has 0 bridgehead atoms. The summed E-state index contributed by atoms with van der Waals surface area (Å²) in [5, 5.41) is 0. The van der Waals surface area contributed by atoms with Crippen molar-refractivity contribution in [3.05, 3.63) is 0 Å². The Morgan fingerprint density at radius 3 is 2.67 bits per heavy atom. The fraction of sp³-hybridized carbons (Fsp3) is 0.929. The van der Waals surface area contributed by atoms with E-state index in [-0.39, 0.29) is 17.9 Å². The summed E-state index contributed by atoms with van der Waals surface area (Å²) in [7, 11) is 0. The second-order valence-electron chi connectivity index (χ2n) is 6.13. The van der Waals surface area contributed by atoms with Crippen LogP contribution < -0.4 is 5.73 Å². The SMILES string of the molecule is CC(N)C(C)C(=O)N1CC2CCCCN2CC1C. The summed E-state index contributed by atoms with van der Waals surface area (Å²) in [6.45, 7) is 9.17. The molecule has 0 aromatic heterocycles. The van der Waals surface area contributed by atoms with Crippen LogP contribution in [0.25, 0.3) is 0 Å². The van der Waals surface area contributed by atoms with Crippen molar-refractivity contribution in [2.24, 2.45) is 11.7 Å². The van der Waals surface area contributed by atoms with Crippen LogP contribution in [-0.4, -0.2) is 53.5 Å². The predicted molar refractivity (Wildman–Crippen MR) is 73.2 cm³/mol. The Hall–Kier alpha value is -0.610. The first kappa shape index (κ1) is 13.8. The summed E-state index contributed by atoms with van der Waals surface area (Å²) in [6, 6.07) is 0.848. The molecule has 2 saturated heterocycles. The van der Waals surface area contributed by atoms with Gasteiger partial charge in [0.25, 0.3) is 0 Å². The number of hydrogen-bond donors (Lipinski definition) is 1. The Labute approximate surface area is 110 Å². The van der Waals surface area contributed by atoms with Crippen LogP contribution in [0, 0.1) is 5.92 Å². The minimum absolute atomic E-state index is 0.0610. The first-order chi connectivity index (χ1) is 8.50. The number of nitrogens with zero attached hydrogens (tertiary/aromatic N) is 2. The van der Waals surface area contributed by atoms with Gasteiger partial charge in [-0.25, -0.2) is 0 Å². The summed E-state index contributed by atoms with van der Waals surface area (Å²) < 4.78 is 0. The van der Waals surface area contributed by atoms with E-state index in [1.807, 2.05) is 13.8 Å². The molecule has 4 unspecified atom stereocenters. The first-order valence-corrected chi connectivity index (χ1v) is 7.30. The van der Waals surface area contributed by atoms with Crippen molar-refractivity contribution in [1.82, 2.24) is 9.80 Å². The quantitative estimate of drug-likeness (QED) is 0.800. The van der Waals surface area contributed by atoms with Gasteiger partial charge < -0.3 is 10.6 Å². The van der Waals surface area contributed by atoms with Crippen molar-refractivity contribution in [3.8, 4) is 0 Å². The Kier molecular flexibility index (Phi) is 4.28. The van der Waals surface area contributed by atoms with Crippen LogP contribution in [0.3, 0.4) is 0 Å². The van der Waals surface area contributed by atoms with Gasteiger partial charge in [-0.05, 0) is 33.2 Å². The summed E-state index contributed by atoms with van der Waals surface area (Å²) in [6.07, 6.45) is 3.86. The van der Waals surface area contributed by atoms with Crippen molar-refractivity contribution in [3.63, 3.8) is 0 Å². The van der Waals surface area contributed by atoms with E-state index in [1.54, 1.807) is 0 Å². The zero-order valence-corrected chi connectivity index (χ0v) is 11.9. The van der Waals surface area contributed by atoms with E-state index in [0.29, 0.717) is 12.1 Å². The second-order valence-corrected chi connectivity index (χ2v) is 6.13. The fourth-order valence-electron chi connectivity index (χ4n) is 3.15. The van der Waals surface area contributed by atoms with Crippen molar-refractivity contribution in [1.29, 1.82) is 0 Å². The van der Waals surface area contributed by atoms with Gasteiger partial charge in [0.2, 0.25) is 5.91 Å². The fourth-order valence-corrected chi connectivity index (χ4v) is 3.15. The Morgan fingerprint density at radius 1 is 1.28 bits per heavy atom. The lowest BCUT2D eigenvalue weighted by atomic mass is 9.95. The van der Waals surface area contributed by atoms with Crippen LogP contribution in [0.2, 0.25) is 0 Å². The van der Waals surface area contributed by atoms with Crippen LogP contribution in [-0.2, 0) is 4.79 Å². The monoisotopic (exact) mass is 253 g/mol. The normalized spacial score (nSPS) is 32.8. The highest BCUT2D eigenvalue weighted by Crippen LogP contribution is 2.25. The average Bonchev–Trinajstić information content (AvgIpc) is 2.36. The van der Waals surface area contributed by atoms with Gasteiger partial charge in [0.05, 0.1) is 5.92 Å². The highest BCUT2D eigenvalue weighted by molar-refractivity contribution is 5.79. The maximum atomic E-state index is 12.5. The van der Waals surface area contributed by atoms with Gasteiger partial charge in [0.15, 0.2) is 0 Å². The Bertz CT molecular complexity index is 305. The molecule has 0 spiro atoms. The first-order valence-electron chi connectivity index (χ1n) is 7.30. The van der Waals surface area contributed by atoms with Crippen LogP contribution >= 0.6 is 0 Å². The number of piperidine rings is 1. The number of fused-ring (bicyclic) bond motifs is 1. The maximum Gasteiger partial charge on any atom is 0.227 e. The molecule has 4 heteroatoms.